The maximum Gasteiger partial charge on any atom is 0.261 e. The lowest BCUT2D eigenvalue weighted by atomic mass is 10.0. The number of benzene rings is 1. The van der Waals surface area contributed by atoms with Gasteiger partial charge in [0.25, 0.3) is 11.8 Å². The lowest BCUT2D eigenvalue weighted by Crippen LogP contribution is -2.46. The lowest BCUT2D eigenvalue weighted by Gasteiger charge is -2.32. The topological polar surface area (TPSA) is 49.4 Å². The minimum Gasteiger partial charge on any atom is -0.348 e. The molecule has 0 bridgehead atoms. The van der Waals surface area contributed by atoms with Gasteiger partial charge >= 0.3 is 0 Å². The Bertz CT molecular complexity index is 689. The van der Waals surface area contributed by atoms with Gasteiger partial charge in [0.1, 0.15) is 0 Å². The molecule has 0 unspecified atom stereocenters. The van der Waals surface area contributed by atoms with Crippen LogP contribution in [0.25, 0.3) is 0 Å². The number of thiophene rings is 1. The third kappa shape index (κ3) is 3.62. The predicted octanol–water partition coefficient (Wildman–Crippen LogP) is 3.09. The van der Waals surface area contributed by atoms with Crippen LogP contribution in [-0.4, -0.2) is 35.8 Å². The first kappa shape index (κ1) is 15.7. The molecule has 0 radical (unpaired) electrons. The monoisotopic (exact) mass is 328 g/mol. The SMILES string of the molecule is Cc1ccccc1C(=O)N1CCC(NC(=O)c2cccs2)CC1. The second-order valence-electron chi connectivity index (χ2n) is 5.83. The number of carbonyl (C=O) groups is 2. The van der Waals surface area contributed by atoms with E-state index in [2.05, 4.69) is 5.32 Å². The van der Waals surface area contributed by atoms with Gasteiger partial charge in [-0.3, -0.25) is 9.59 Å². The van der Waals surface area contributed by atoms with E-state index in [1.54, 1.807) is 0 Å². The van der Waals surface area contributed by atoms with Crippen molar-refractivity contribution in [3.63, 3.8) is 0 Å². The zero-order valence-electron chi connectivity index (χ0n) is 13.1. The first-order valence-corrected chi connectivity index (χ1v) is 8.72. The number of amides is 2. The smallest absolute Gasteiger partial charge is 0.261 e. The van der Waals surface area contributed by atoms with Crippen LogP contribution in [0, 0.1) is 6.92 Å². The molecule has 5 heteroatoms. The standard InChI is InChI=1S/C18H20N2O2S/c1-13-5-2-3-6-15(13)18(22)20-10-8-14(9-11-20)19-17(21)16-7-4-12-23-16/h2-7,12,14H,8-11H2,1H3,(H,19,21). The van der Waals surface area contributed by atoms with Crippen molar-refractivity contribution in [3.8, 4) is 0 Å². The third-order valence-corrected chi connectivity index (χ3v) is 5.11. The first-order chi connectivity index (χ1) is 11.1. The number of nitrogens with zero attached hydrogens (tertiary/aromatic N) is 1. The fourth-order valence-electron chi connectivity index (χ4n) is 2.87. The molecule has 1 aliphatic heterocycles. The molecule has 1 aliphatic rings. The van der Waals surface area contributed by atoms with Crippen molar-refractivity contribution in [1.29, 1.82) is 0 Å². The van der Waals surface area contributed by atoms with Gasteiger partial charge < -0.3 is 10.2 Å². The summed E-state index contributed by atoms with van der Waals surface area (Å²) in [6.07, 6.45) is 1.60. The van der Waals surface area contributed by atoms with E-state index in [-0.39, 0.29) is 17.9 Å². The van der Waals surface area contributed by atoms with Gasteiger partial charge in [0.05, 0.1) is 4.88 Å². The van der Waals surface area contributed by atoms with Crippen molar-refractivity contribution in [2.75, 3.05) is 13.1 Å². The summed E-state index contributed by atoms with van der Waals surface area (Å²) in [7, 11) is 0. The normalized spacial score (nSPS) is 15.4. The van der Waals surface area contributed by atoms with Gasteiger partial charge in [0.2, 0.25) is 0 Å². The van der Waals surface area contributed by atoms with Crippen LogP contribution < -0.4 is 5.32 Å². The molecule has 4 nitrogen and oxygen atoms in total. The molecule has 0 spiro atoms. The summed E-state index contributed by atoms with van der Waals surface area (Å²) in [5.74, 6) is 0.0785. The molecular weight excluding hydrogens is 308 g/mol. The number of carbonyl (C=O) groups excluding carboxylic acids is 2. The first-order valence-electron chi connectivity index (χ1n) is 7.84. The molecule has 1 saturated heterocycles. The molecular formula is C18H20N2O2S. The Morgan fingerprint density at radius 2 is 1.87 bits per heavy atom. The molecule has 0 saturated carbocycles. The van der Waals surface area contributed by atoms with Crippen molar-refractivity contribution in [2.45, 2.75) is 25.8 Å². The van der Waals surface area contributed by atoms with Crippen molar-refractivity contribution < 1.29 is 9.59 Å². The van der Waals surface area contributed by atoms with Gasteiger partial charge in [-0.05, 0) is 42.8 Å². The molecule has 0 atom stereocenters. The van der Waals surface area contributed by atoms with Crippen LogP contribution in [0.15, 0.2) is 41.8 Å². The summed E-state index contributed by atoms with van der Waals surface area (Å²) in [5, 5.41) is 4.97. The van der Waals surface area contributed by atoms with E-state index in [1.165, 1.54) is 11.3 Å². The minimum atomic E-state index is -0.0105. The van der Waals surface area contributed by atoms with Crippen LogP contribution >= 0.6 is 11.3 Å². The highest BCUT2D eigenvalue weighted by molar-refractivity contribution is 7.12. The van der Waals surface area contributed by atoms with Gasteiger partial charge in [-0.25, -0.2) is 0 Å². The highest BCUT2D eigenvalue weighted by Crippen LogP contribution is 2.17. The number of likely N-dealkylation sites (tertiary alicyclic amines) is 1. The van der Waals surface area contributed by atoms with Crippen molar-refractivity contribution in [3.05, 3.63) is 57.8 Å². The number of hydrogen-bond acceptors (Lipinski definition) is 3. The molecule has 3 rings (SSSR count). The van der Waals surface area contributed by atoms with Crippen LogP contribution in [0.1, 0.15) is 38.4 Å². The van der Waals surface area contributed by atoms with Gasteiger partial charge in [0.15, 0.2) is 0 Å². The van der Waals surface area contributed by atoms with E-state index in [0.29, 0.717) is 13.1 Å². The Kier molecular flexibility index (Phi) is 4.76. The molecule has 2 aromatic rings. The molecule has 1 aromatic carbocycles. The van der Waals surface area contributed by atoms with Crippen LogP contribution in [0.2, 0.25) is 0 Å². The number of nitrogens with one attached hydrogen (secondary N) is 1. The largest absolute Gasteiger partial charge is 0.348 e. The van der Waals surface area contributed by atoms with Crippen LogP contribution in [0.3, 0.4) is 0 Å². The summed E-state index contributed by atoms with van der Waals surface area (Å²) in [6, 6.07) is 11.5. The number of hydrogen-bond donors (Lipinski definition) is 1. The zero-order valence-corrected chi connectivity index (χ0v) is 13.9. The average molecular weight is 328 g/mol. The molecule has 2 amide bonds. The average Bonchev–Trinajstić information content (AvgIpc) is 3.10. The lowest BCUT2D eigenvalue weighted by molar-refractivity contribution is 0.0697. The van der Waals surface area contributed by atoms with Crippen molar-refractivity contribution in [1.82, 2.24) is 10.2 Å². The number of aryl methyl sites for hydroxylation is 1. The predicted molar refractivity (Wildman–Crippen MR) is 91.9 cm³/mol. The fourth-order valence-corrected chi connectivity index (χ4v) is 3.50. The molecule has 120 valence electrons. The van der Waals surface area contributed by atoms with E-state index >= 15 is 0 Å². The summed E-state index contributed by atoms with van der Waals surface area (Å²) >= 11 is 1.45. The van der Waals surface area contributed by atoms with E-state index in [9.17, 15) is 9.59 Å². The third-order valence-electron chi connectivity index (χ3n) is 4.24. The summed E-state index contributed by atoms with van der Waals surface area (Å²) in [4.78, 5) is 27.3. The van der Waals surface area contributed by atoms with Crippen LogP contribution in [0.4, 0.5) is 0 Å². The van der Waals surface area contributed by atoms with Crippen molar-refractivity contribution >= 4 is 23.2 Å². The molecule has 2 heterocycles. The minimum absolute atomic E-state index is 0.0105. The van der Waals surface area contributed by atoms with Gasteiger partial charge in [-0.15, -0.1) is 11.3 Å². The Balaban J connectivity index is 1.55. The molecule has 23 heavy (non-hydrogen) atoms. The number of piperidine rings is 1. The maximum absolute atomic E-state index is 12.6. The second-order valence-corrected chi connectivity index (χ2v) is 6.78. The van der Waals surface area contributed by atoms with Crippen LogP contribution in [-0.2, 0) is 0 Å². The summed E-state index contributed by atoms with van der Waals surface area (Å²) in [5.41, 5.74) is 1.78. The summed E-state index contributed by atoms with van der Waals surface area (Å²) in [6.45, 7) is 3.33. The second kappa shape index (κ2) is 6.96. The highest BCUT2D eigenvalue weighted by Gasteiger charge is 2.25. The molecule has 1 N–H and O–H groups in total. The fraction of sp³-hybridized carbons (Fsp3) is 0.333. The van der Waals surface area contributed by atoms with Gasteiger partial charge in [-0.2, -0.15) is 0 Å². The highest BCUT2D eigenvalue weighted by atomic mass is 32.1. The number of rotatable bonds is 3. The Hall–Kier alpha value is -2.14. The van der Waals surface area contributed by atoms with Gasteiger partial charge in [-0.1, -0.05) is 24.3 Å². The maximum atomic E-state index is 12.6. The Morgan fingerprint density at radius 1 is 1.13 bits per heavy atom. The zero-order chi connectivity index (χ0) is 16.2. The van der Waals surface area contributed by atoms with E-state index < -0.39 is 0 Å². The summed E-state index contributed by atoms with van der Waals surface area (Å²) < 4.78 is 0. The molecule has 0 aliphatic carbocycles. The quantitative estimate of drug-likeness (QED) is 0.941. The molecule has 1 fully saturated rings. The van der Waals surface area contributed by atoms with E-state index in [0.717, 1.165) is 28.8 Å². The van der Waals surface area contributed by atoms with Gasteiger partial charge in [0, 0.05) is 24.7 Å². The Labute approximate surface area is 140 Å². The van der Waals surface area contributed by atoms with E-state index in [1.807, 2.05) is 53.6 Å². The molecule has 1 aromatic heterocycles. The Morgan fingerprint density at radius 3 is 2.52 bits per heavy atom. The van der Waals surface area contributed by atoms with E-state index in [4.69, 9.17) is 0 Å². The van der Waals surface area contributed by atoms with Crippen LogP contribution in [0.5, 0.6) is 0 Å². The van der Waals surface area contributed by atoms with Crippen molar-refractivity contribution in [2.24, 2.45) is 0 Å².